The molecule has 90 valence electrons. The molecule has 0 aromatic carbocycles. The zero-order valence-electron chi connectivity index (χ0n) is 10.1. The summed E-state index contributed by atoms with van der Waals surface area (Å²) in [6.45, 7) is 4.78. The van der Waals surface area contributed by atoms with Crippen LogP contribution in [0.25, 0.3) is 0 Å². The monoisotopic (exact) mass is 391 g/mol. The molecule has 1 atom stereocenters. The molecule has 0 aliphatic heterocycles. The SMILES string of the molecule is [CH2-]N(C)C(C)COc1ccc(CC)cn1.[W]. The Balaban J connectivity index is 0.00000225. The van der Waals surface area contributed by atoms with E-state index in [1.54, 1.807) is 0 Å². The maximum Gasteiger partial charge on any atom is 0.213 e. The van der Waals surface area contributed by atoms with E-state index in [1.165, 1.54) is 5.56 Å². The van der Waals surface area contributed by atoms with Crippen molar-refractivity contribution in [3.63, 3.8) is 0 Å². The Kier molecular flexibility index (Phi) is 7.61. The maximum atomic E-state index is 5.54. The molecule has 4 heteroatoms. The maximum absolute atomic E-state index is 5.54. The minimum atomic E-state index is 0. The summed E-state index contributed by atoms with van der Waals surface area (Å²) in [5.41, 5.74) is 1.23. The Morgan fingerprint density at radius 3 is 2.62 bits per heavy atom. The number of aromatic nitrogens is 1. The van der Waals surface area contributed by atoms with Crippen molar-refractivity contribution in [1.29, 1.82) is 0 Å². The van der Waals surface area contributed by atoms with E-state index in [-0.39, 0.29) is 27.1 Å². The predicted molar refractivity (Wildman–Crippen MR) is 61.7 cm³/mol. The summed E-state index contributed by atoms with van der Waals surface area (Å²) in [6.07, 6.45) is 2.86. The molecular formula is C12H19N2OW-. The van der Waals surface area contributed by atoms with Crippen molar-refractivity contribution < 1.29 is 25.8 Å². The molecule has 3 nitrogen and oxygen atoms in total. The number of ether oxygens (including phenoxy) is 1. The second kappa shape index (κ2) is 7.80. The van der Waals surface area contributed by atoms with E-state index >= 15 is 0 Å². The molecule has 1 rings (SSSR count). The van der Waals surface area contributed by atoms with E-state index < -0.39 is 0 Å². The van der Waals surface area contributed by atoms with Crippen molar-refractivity contribution >= 4 is 0 Å². The largest absolute Gasteiger partial charge is 0.476 e. The Bertz CT molecular complexity index is 288. The Hall–Kier alpha value is -0.402. The fourth-order valence-electron chi connectivity index (χ4n) is 1.04. The van der Waals surface area contributed by atoms with Crippen LogP contribution in [0.3, 0.4) is 0 Å². The van der Waals surface area contributed by atoms with E-state index in [0.717, 1.165) is 6.42 Å². The van der Waals surface area contributed by atoms with E-state index in [9.17, 15) is 0 Å². The van der Waals surface area contributed by atoms with Crippen LogP contribution in [-0.2, 0) is 27.5 Å². The fourth-order valence-corrected chi connectivity index (χ4v) is 1.04. The number of nitrogens with zero attached hydrogens (tertiary/aromatic N) is 2. The van der Waals surface area contributed by atoms with Crippen LogP contribution in [0.2, 0.25) is 0 Å². The third-order valence-electron chi connectivity index (χ3n) is 2.43. The van der Waals surface area contributed by atoms with Gasteiger partial charge in [0.2, 0.25) is 5.88 Å². The van der Waals surface area contributed by atoms with E-state index in [0.29, 0.717) is 12.5 Å². The second-order valence-corrected chi connectivity index (χ2v) is 3.78. The van der Waals surface area contributed by atoms with Gasteiger partial charge in [-0.15, -0.1) is 0 Å². The molecule has 0 aliphatic carbocycles. The quantitative estimate of drug-likeness (QED) is 0.720. The molecule has 0 spiro atoms. The van der Waals surface area contributed by atoms with Gasteiger partial charge in [0, 0.05) is 39.4 Å². The first-order valence-corrected chi connectivity index (χ1v) is 5.24. The number of aryl methyl sites for hydroxylation is 1. The number of likely N-dealkylation sites (N-methyl/N-ethyl adjacent to an activating group) is 1. The molecule has 0 saturated carbocycles. The zero-order valence-corrected chi connectivity index (χ0v) is 13.1. The van der Waals surface area contributed by atoms with Gasteiger partial charge in [-0.2, -0.15) is 0 Å². The molecule has 0 saturated heterocycles. The van der Waals surface area contributed by atoms with Crippen LogP contribution < -0.4 is 4.74 Å². The minimum absolute atomic E-state index is 0. The van der Waals surface area contributed by atoms with Crippen LogP contribution in [0.4, 0.5) is 0 Å². The molecule has 0 N–H and O–H groups in total. The third kappa shape index (κ3) is 5.09. The molecule has 0 bridgehead atoms. The Morgan fingerprint density at radius 2 is 2.19 bits per heavy atom. The van der Waals surface area contributed by atoms with Crippen molar-refractivity contribution in [1.82, 2.24) is 9.88 Å². The van der Waals surface area contributed by atoms with Gasteiger partial charge in [-0.05, 0) is 26.0 Å². The molecule has 0 fully saturated rings. The normalized spacial score (nSPS) is 12.1. The van der Waals surface area contributed by atoms with Gasteiger partial charge in [0.15, 0.2) is 0 Å². The Morgan fingerprint density at radius 1 is 1.50 bits per heavy atom. The molecule has 1 heterocycles. The van der Waals surface area contributed by atoms with Crippen LogP contribution in [0.1, 0.15) is 19.4 Å². The van der Waals surface area contributed by atoms with Crippen molar-refractivity contribution in [2.24, 2.45) is 0 Å². The summed E-state index contributed by atoms with van der Waals surface area (Å²) in [4.78, 5) is 6.10. The average molecular weight is 391 g/mol. The molecule has 0 amide bonds. The molecule has 1 aromatic rings. The molecule has 0 aliphatic rings. The third-order valence-corrected chi connectivity index (χ3v) is 2.43. The van der Waals surface area contributed by atoms with Gasteiger partial charge in [0.05, 0.1) is 0 Å². The number of hydrogen-bond donors (Lipinski definition) is 0. The minimum Gasteiger partial charge on any atom is -0.476 e. The van der Waals surface area contributed by atoms with Gasteiger partial charge in [0.1, 0.15) is 6.61 Å². The van der Waals surface area contributed by atoms with Crippen LogP contribution in [0.15, 0.2) is 18.3 Å². The first kappa shape index (κ1) is 15.6. The van der Waals surface area contributed by atoms with E-state index in [1.807, 2.05) is 30.3 Å². The van der Waals surface area contributed by atoms with Gasteiger partial charge >= 0.3 is 0 Å². The number of pyridine rings is 1. The summed E-state index contributed by atoms with van der Waals surface area (Å²) in [6, 6.07) is 4.24. The predicted octanol–water partition coefficient (Wildman–Crippen LogP) is 2.13. The van der Waals surface area contributed by atoms with Crippen molar-refractivity contribution in [3.05, 3.63) is 30.9 Å². The number of hydrogen-bond acceptors (Lipinski definition) is 3. The van der Waals surface area contributed by atoms with Crippen molar-refractivity contribution in [2.45, 2.75) is 26.3 Å². The van der Waals surface area contributed by atoms with Gasteiger partial charge in [-0.1, -0.05) is 13.0 Å². The molecular weight excluding hydrogens is 372 g/mol. The standard InChI is InChI=1S/C12H19N2O.W/c1-5-11-6-7-12(13-8-11)15-9-10(2)14(3)4;/h6-8,10H,3,5,9H2,1-2,4H3;/q-1;. The smallest absolute Gasteiger partial charge is 0.213 e. The zero-order chi connectivity index (χ0) is 11.3. The molecule has 1 aromatic heterocycles. The molecule has 0 radical (unpaired) electrons. The van der Waals surface area contributed by atoms with Gasteiger partial charge < -0.3 is 9.64 Å². The van der Waals surface area contributed by atoms with Crippen molar-refractivity contribution in [2.75, 3.05) is 13.7 Å². The van der Waals surface area contributed by atoms with Crippen LogP contribution in [0.5, 0.6) is 5.88 Å². The fraction of sp³-hybridized carbons (Fsp3) is 0.500. The second-order valence-electron chi connectivity index (χ2n) is 3.78. The summed E-state index contributed by atoms with van der Waals surface area (Å²) in [5.74, 6) is 0.681. The van der Waals surface area contributed by atoms with E-state index in [4.69, 9.17) is 4.74 Å². The van der Waals surface area contributed by atoms with Crippen LogP contribution >= 0.6 is 0 Å². The van der Waals surface area contributed by atoms with E-state index in [2.05, 4.69) is 25.9 Å². The van der Waals surface area contributed by atoms with Crippen molar-refractivity contribution in [3.8, 4) is 5.88 Å². The summed E-state index contributed by atoms with van der Waals surface area (Å²) in [7, 11) is 5.74. The first-order valence-electron chi connectivity index (χ1n) is 5.24. The summed E-state index contributed by atoms with van der Waals surface area (Å²) < 4.78 is 5.54. The first-order chi connectivity index (χ1) is 7.13. The Labute approximate surface area is 112 Å². The topological polar surface area (TPSA) is 25.4 Å². The van der Waals surface area contributed by atoms with Gasteiger partial charge in [0.25, 0.3) is 0 Å². The van der Waals surface area contributed by atoms with Gasteiger partial charge in [-0.3, -0.25) is 7.05 Å². The van der Waals surface area contributed by atoms with Crippen LogP contribution in [0, 0.1) is 7.05 Å². The van der Waals surface area contributed by atoms with Gasteiger partial charge in [-0.25, -0.2) is 4.98 Å². The number of rotatable bonds is 5. The molecule has 16 heavy (non-hydrogen) atoms. The average Bonchev–Trinajstić information content (AvgIpc) is 2.26. The summed E-state index contributed by atoms with van der Waals surface area (Å²) in [5, 5.41) is 0. The van der Waals surface area contributed by atoms with Crippen LogP contribution in [-0.4, -0.2) is 29.6 Å². The molecule has 1 unspecified atom stereocenters. The summed E-state index contributed by atoms with van der Waals surface area (Å²) >= 11 is 0.